The quantitative estimate of drug-likeness (QED) is 0.557. The first-order valence-corrected chi connectivity index (χ1v) is 5.89. The van der Waals surface area contributed by atoms with Crippen molar-refractivity contribution in [3.05, 3.63) is 11.9 Å². The lowest BCUT2D eigenvalue weighted by molar-refractivity contribution is 0.359. The zero-order chi connectivity index (χ0) is 13.2. The predicted octanol–water partition coefficient (Wildman–Crippen LogP) is 1.39. The van der Waals surface area contributed by atoms with Gasteiger partial charge in [-0.1, -0.05) is 0 Å². The summed E-state index contributed by atoms with van der Waals surface area (Å²) >= 11 is 0. The second kappa shape index (κ2) is 8.31. The Morgan fingerprint density at radius 2 is 1.89 bits per heavy atom. The van der Waals surface area contributed by atoms with Gasteiger partial charge in [-0.25, -0.2) is 9.97 Å². The number of methoxy groups -OCH3 is 2. The van der Waals surface area contributed by atoms with Gasteiger partial charge in [0.1, 0.15) is 6.33 Å². The molecule has 0 aliphatic heterocycles. The van der Waals surface area contributed by atoms with Crippen molar-refractivity contribution in [2.75, 3.05) is 20.8 Å². The Balaban J connectivity index is 2.48. The summed E-state index contributed by atoms with van der Waals surface area (Å²) in [7, 11) is 3.16. The van der Waals surface area contributed by atoms with Crippen LogP contribution in [0.25, 0.3) is 0 Å². The number of unbranched alkanes of at least 4 members (excludes halogenated alkanes) is 2. The fraction of sp³-hybridized carbons (Fsp3) is 0.538. The molecule has 0 aromatic carbocycles. The van der Waals surface area contributed by atoms with Crippen LogP contribution in [0.2, 0.25) is 0 Å². The Hall–Kier alpha value is -1.80. The zero-order valence-electron chi connectivity index (χ0n) is 10.9. The van der Waals surface area contributed by atoms with Gasteiger partial charge < -0.3 is 14.8 Å². The molecule has 0 amide bonds. The molecule has 0 radical (unpaired) electrons. The van der Waals surface area contributed by atoms with Crippen LogP contribution in [0.15, 0.2) is 6.33 Å². The third kappa shape index (κ3) is 4.22. The summed E-state index contributed by atoms with van der Waals surface area (Å²) in [5.74, 6) is 3.70. The molecular formula is C13H19N3O2. The van der Waals surface area contributed by atoms with Gasteiger partial charge >= 0.3 is 0 Å². The minimum Gasteiger partial charge on any atom is -0.481 e. The molecule has 5 nitrogen and oxygen atoms in total. The van der Waals surface area contributed by atoms with Gasteiger partial charge in [0.15, 0.2) is 0 Å². The molecule has 0 bridgehead atoms. The van der Waals surface area contributed by atoms with E-state index in [1.807, 2.05) is 0 Å². The van der Waals surface area contributed by atoms with Crippen LogP contribution in [0, 0.1) is 12.3 Å². The number of nitrogens with zero attached hydrogens (tertiary/aromatic N) is 2. The Bertz CT molecular complexity index is 379. The minimum absolute atomic E-state index is 0.540. The molecule has 0 aliphatic rings. The molecule has 5 heteroatoms. The van der Waals surface area contributed by atoms with E-state index in [2.05, 4.69) is 21.2 Å². The summed E-state index contributed by atoms with van der Waals surface area (Å²) in [6.45, 7) is 1.51. The van der Waals surface area contributed by atoms with Crippen LogP contribution in [-0.2, 0) is 6.54 Å². The molecule has 1 rings (SSSR count). The van der Waals surface area contributed by atoms with E-state index in [4.69, 9.17) is 15.9 Å². The molecule has 1 aromatic rings. The van der Waals surface area contributed by atoms with Crippen molar-refractivity contribution >= 4 is 0 Å². The average molecular weight is 249 g/mol. The van der Waals surface area contributed by atoms with Gasteiger partial charge in [0.05, 0.1) is 19.8 Å². The van der Waals surface area contributed by atoms with Crippen molar-refractivity contribution in [1.29, 1.82) is 0 Å². The smallest absolute Gasteiger partial charge is 0.224 e. The first kappa shape index (κ1) is 14.3. The summed E-state index contributed by atoms with van der Waals surface area (Å²) in [6, 6.07) is 0. The molecule has 0 saturated heterocycles. The van der Waals surface area contributed by atoms with Gasteiger partial charge in [0.25, 0.3) is 0 Å². The molecular weight excluding hydrogens is 230 g/mol. The van der Waals surface area contributed by atoms with Gasteiger partial charge in [-0.2, -0.15) is 0 Å². The topological polar surface area (TPSA) is 56.3 Å². The number of rotatable bonds is 8. The first-order chi connectivity index (χ1) is 8.83. The molecule has 0 spiro atoms. The van der Waals surface area contributed by atoms with Gasteiger partial charge in [-0.05, 0) is 19.4 Å². The standard InChI is InChI=1S/C13H19N3O2/c1-4-5-6-7-8-14-9-11-12(17-2)15-10-16-13(11)18-3/h1,10,14H,5-9H2,2-3H3. The second-order valence-corrected chi connectivity index (χ2v) is 3.71. The number of nitrogens with one attached hydrogen (secondary N) is 1. The van der Waals surface area contributed by atoms with Crippen LogP contribution in [0.1, 0.15) is 24.8 Å². The van der Waals surface area contributed by atoms with E-state index < -0.39 is 0 Å². The van der Waals surface area contributed by atoms with Crippen molar-refractivity contribution in [3.63, 3.8) is 0 Å². The maximum absolute atomic E-state index is 5.19. The second-order valence-electron chi connectivity index (χ2n) is 3.71. The fourth-order valence-corrected chi connectivity index (χ4v) is 1.57. The average Bonchev–Trinajstić information content (AvgIpc) is 2.42. The Labute approximate surface area is 108 Å². The molecule has 0 atom stereocenters. The van der Waals surface area contributed by atoms with E-state index in [1.54, 1.807) is 14.2 Å². The lowest BCUT2D eigenvalue weighted by Gasteiger charge is -2.11. The highest BCUT2D eigenvalue weighted by Gasteiger charge is 2.11. The van der Waals surface area contributed by atoms with Gasteiger partial charge in [0, 0.05) is 13.0 Å². The van der Waals surface area contributed by atoms with Crippen LogP contribution >= 0.6 is 0 Å². The number of ether oxygens (including phenoxy) is 2. The molecule has 1 N–H and O–H groups in total. The molecule has 0 aliphatic carbocycles. The van der Waals surface area contributed by atoms with Crippen LogP contribution in [0.4, 0.5) is 0 Å². The van der Waals surface area contributed by atoms with Crippen LogP contribution in [0.3, 0.4) is 0 Å². The molecule has 1 aromatic heterocycles. The van der Waals surface area contributed by atoms with E-state index in [0.29, 0.717) is 18.3 Å². The highest BCUT2D eigenvalue weighted by Crippen LogP contribution is 2.22. The third-order valence-corrected chi connectivity index (χ3v) is 2.48. The maximum Gasteiger partial charge on any atom is 0.224 e. The van der Waals surface area contributed by atoms with Gasteiger partial charge in [-0.3, -0.25) is 0 Å². The predicted molar refractivity (Wildman–Crippen MR) is 69.5 cm³/mol. The third-order valence-electron chi connectivity index (χ3n) is 2.48. The Kier molecular flexibility index (Phi) is 6.59. The summed E-state index contributed by atoms with van der Waals surface area (Å²) in [4.78, 5) is 8.11. The summed E-state index contributed by atoms with van der Waals surface area (Å²) < 4.78 is 10.4. The van der Waals surface area contributed by atoms with Crippen molar-refractivity contribution in [2.24, 2.45) is 0 Å². The van der Waals surface area contributed by atoms with Crippen LogP contribution in [0.5, 0.6) is 11.8 Å². The number of hydrogen-bond donors (Lipinski definition) is 1. The van der Waals surface area contributed by atoms with E-state index in [0.717, 1.165) is 31.4 Å². The van der Waals surface area contributed by atoms with E-state index >= 15 is 0 Å². The summed E-state index contributed by atoms with van der Waals surface area (Å²) in [6.07, 6.45) is 9.51. The maximum atomic E-state index is 5.19. The SMILES string of the molecule is C#CCCCCNCc1c(OC)ncnc1OC. The van der Waals surface area contributed by atoms with Crippen molar-refractivity contribution in [2.45, 2.75) is 25.8 Å². The molecule has 98 valence electrons. The lowest BCUT2D eigenvalue weighted by atomic mass is 10.2. The zero-order valence-corrected chi connectivity index (χ0v) is 10.9. The first-order valence-electron chi connectivity index (χ1n) is 5.89. The molecule has 18 heavy (non-hydrogen) atoms. The highest BCUT2D eigenvalue weighted by atomic mass is 16.5. The van der Waals surface area contributed by atoms with Crippen molar-refractivity contribution in [3.8, 4) is 24.1 Å². The monoisotopic (exact) mass is 249 g/mol. The van der Waals surface area contributed by atoms with E-state index in [-0.39, 0.29) is 0 Å². The normalized spacial score (nSPS) is 9.83. The van der Waals surface area contributed by atoms with Gasteiger partial charge in [-0.15, -0.1) is 12.3 Å². The number of hydrogen-bond acceptors (Lipinski definition) is 5. The van der Waals surface area contributed by atoms with Crippen LogP contribution in [-0.4, -0.2) is 30.7 Å². The fourth-order valence-electron chi connectivity index (χ4n) is 1.57. The van der Waals surface area contributed by atoms with E-state index in [1.165, 1.54) is 6.33 Å². The Morgan fingerprint density at radius 3 is 2.44 bits per heavy atom. The summed E-state index contributed by atoms with van der Waals surface area (Å²) in [5.41, 5.74) is 0.833. The van der Waals surface area contributed by atoms with Crippen LogP contribution < -0.4 is 14.8 Å². The molecule has 0 unspecified atom stereocenters. The summed E-state index contributed by atoms with van der Waals surface area (Å²) in [5, 5.41) is 3.30. The molecule has 0 fully saturated rings. The molecule has 1 heterocycles. The largest absolute Gasteiger partial charge is 0.481 e. The van der Waals surface area contributed by atoms with E-state index in [9.17, 15) is 0 Å². The number of aromatic nitrogens is 2. The molecule has 0 saturated carbocycles. The minimum atomic E-state index is 0.540. The highest BCUT2D eigenvalue weighted by molar-refractivity contribution is 5.34. The van der Waals surface area contributed by atoms with Crippen molar-refractivity contribution < 1.29 is 9.47 Å². The number of terminal acetylenes is 1. The Morgan fingerprint density at radius 1 is 1.22 bits per heavy atom. The van der Waals surface area contributed by atoms with Crippen molar-refractivity contribution in [1.82, 2.24) is 15.3 Å². The lowest BCUT2D eigenvalue weighted by Crippen LogP contribution is -2.16. The van der Waals surface area contributed by atoms with Gasteiger partial charge in [0.2, 0.25) is 11.8 Å².